The molecule has 2 heterocycles. The third kappa shape index (κ3) is 4.11. The molecule has 0 radical (unpaired) electrons. The van der Waals surface area contributed by atoms with Crippen molar-refractivity contribution < 1.29 is 28.3 Å². The summed E-state index contributed by atoms with van der Waals surface area (Å²) in [5.74, 6) is -0.200. The number of piperazine rings is 1. The van der Waals surface area contributed by atoms with Crippen molar-refractivity contribution in [3.63, 3.8) is 0 Å². The number of hydrogen-bond donors (Lipinski definition) is 0. The summed E-state index contributed by atoms with van der Waals surface area (Å²) in [7, 11) is 0. The van der Waals surface area contributed by atoms with Crippen molar-refractivity contribution in [1.82, 2.24) is 9.80 Å². The first-order valence-electron chi connectivity index (χ1n) is 9.27. The van der Waals surface area contributed by atoms with Crippen LogP contribution in [0.15, 0.2) is 22.6 Å². The molecule has 1 saturated heterocycles. The van der Waals surface area contributed by atoms with E-state index in [-0.39, 0.29) is 24.2 Å². The Morgan fingerprint density at radius 3 is 2.43 bits per heavy atom. The summed E-state index contributed by atoms with van der Waals surface area (Å²) in [6, 6.07) is 5.33. The van der Waals surface area contributed by atoms with Gasteiger partial charge in [-0.1, -0.05) is 0 Å². The number of aryl methyl sites for hydroxylation is 1. The van der Waals surface area contributed by atoms with Crippen LogP contribution in [0.2, 0.25) is 0 Å². The molecule has 8 heteroatoms. The fourth-order valence-corrected chi connectivity index (χ4v) is 3.21. The van der Waals surface area contributed by atoms with Crippen LogP contribution in [0.5, 0.6) is 5.75 Å². The zero-order valence-electron chi connectivity index (χ0n) is 16.3. The van der Waals surface area contributed by atoms with Crippen LogP contribution in [0.1, 0.15) is 30.0 Å². The van der Waals surface area contributed by atoms with Crippen LogP contribution < -0.4 is 4.74 Å². The Balaban J connectivity index is 1.61. The number of ether oxygens (including phenoxy) is 2. The predicted octanol–water partition coefficient (Wildman–Crippen LogP) is 1.99. The van der Waals surface area contributed by atoms with E-state index in [0.717, 1.165) is 5.39 Å². The molecule has 3 rings (SSSR count). The van der Waals surface area contributed by atoms with Crippen LogP contribution in [-0.4, -0.2) is 67.0 Å². The molecule has 0 atom stereocenters. The van der Waals surface area contributed by atoms with Gasteiger partial charge in [-0.15, -0.1) is 0 Å². The summed E-state index contributed by atoms with van der Waals surface area (Å²) < 4.78 is 16.3. The molecule has 2 amide bonds. The van der Waals surface area contributed by atoms with E-state index >= 15 is 0 Å². The first-order chi connectivity index (χ1) is 13.4. The van der Waals surface area contributed by atoms with Crippen molar-refractivity contribution in [1.29, 1.82) is 0 Å². The maximum absolute atomic E-state index is 12.4. The highest BCUT2D eigenvalue weighted by Crippen LogP contribution is 2.29. The van der Waals surface area contributed by atoms with Crippen LogP contribution in [0.25, 0.3) is 11.0 Å². The second kappa shape index (κ2) is 8.33. The molecule has 1 aromatic carbocycles. The van der Waals surface area contributed by atoms with E-state index in [1.54, 1.807) is 28.9 Å². The Bertz CT molecular complexity index is 895. The second-order valence-electron chi connectivity index (χ2n) is 6.61. The molecule has 0 bridgehead atoms. The number of furan rings is 1. The summed E-state index contributed by atoms with van der Waals surface area (Å²) in [6.07, 6.45) is 0. The SMILES string of the molecule is CCOc1ccc2oc(C(=O)OCC(=O)N3CCN(C(C)=O)CC3)c(C)c2c1. The third-order valence-corrected chi connectivity index (χ3v) is 4.81. The molecule has 1 fully saturated rings. The number of rotatable bonds is 5. The van der Waals surface area contributed by atoms with E-state index in [9.17, 15) is 14.4 Å². The van der Waals surface area contributed by atoms with Crippen LogP contribution in [0, 0.1) is 6.92 Å². The normalized spacial score (nSPS) is 14.2. The smallest absolute Gasteiger partial charge is 0.375 e. The van der Waals surface area contributed by atoms with Gasteiger partial charge in [0.25, 0.3) is 5.91 Å². The monoisotopic (exact) mass is 388 g/mol. The van der Waals surface area contributed by atoms with Gasteiger partial charge in [0.1, 0.15) is 11.3 Å². The first-order valence-corrected chi connectivity index (χ1v) is 9.27. The van der Waals surface area contributed by atoms with Crippen molar-refractivity contribution >= 4 is 28.8 Å². The highest BCUT2D eigenvalue weighted by Gasteiger charge is 2.25. The zero-order valence-corrected chi connectivity index (χ0v) is 16.3. The number of benzene rings is 1. The zero-order chi connectivity index (χ0) is 20.3. The molecule has 0 saturated carbocycles. The van der Waals surface area contributed by atoms with Crippen LogP contribution >= 0.6 is 0 Å². The fourth-order valence-electron chi connectivity index (χ4n) is 3.21. The minimum absolute atomic E-state index is 0.00798. The standard InChI is InChI=1S/C20H24N2O6/c1-4-26-15-5-6-17-16(11-15)13(2)19(28-17)20(25)27-12-18(24)22-9-7-21(8-10-22)14(3)23/h5-6,11H,4,7-10,12H2,1-3H3. The third-order valence-electron chi connectivity index (χ3n) is 4.81. The number of hydrogen-bond acceptors (Lipinski definition) is 6. The van der Waals surface area contributed by atoms with Gasteiger partial charge in [-0.25, -0.2) is 4.79 Å². The average Bonchev–Trinajstić information content (AvgIpc) is 3.02. The molecule has 2 aromatic rings. The van der Waals surface area contributed by atoms with Crippen molar-refractivity contribution in [2.24, 2.45) is 0 Å². The quantitative estimate of drug-likeness (QED) is 0.728. The van der Waals surface area contributed by atoms with Gasteiger partial charge < -0.3 is 23.7 Å². The highest BCUT2D eigenvalue weighted by atomic mass is 16.5. The van der Waals surface area contributed by atoms with Gasteiger partial charge in [0.15, 0.2) is 6.61 Å². The van der Waals surface area contributed by atoms with E-state index in [2.05, 4.69) is 0 Å². The van der Waals surface area contributed by atoms with Gasteiger partial charge in [0, 0.05) is 44.1 Å². The molecule has 150 valence electrons. The summed E-state index contributed by atoms with van der Waals surface area (Å²) in [5.41, 5.74) is 1.20. The topological polar surface area (TPSA) is 89.3 Å². The number of carbonyl (C=O) groups is 3. The average molecular weight is 388 g/mol. The molecule has 0 spiro atoms. The Kier molecular flexibility index (Phi) is 5.87. The lowest BCUT2D eigenvalue weighted by Gasteiger charge is -2.34. The molecule has 1 aliphatic heterocycles. The van der Waals surface area contributed by atoms with Gasteiger partial charge in [-0.3, -0.25) is 9.59 Å². The van der Waals surface area contributed by atoms with E-state index in [4.69, 9.17) is 13.9 Å². The molecule has 8 nitrogen and oxygen atoms in total. The Labute approximate surface area is 163 Å². The number of nitrogens with zero attached hydrogens (tertiary/aromatic N) is 2. The second-order valence-corrected chi connectivity index (χ2v) is 6.61. The Morgan fingerprint density at radius 1 is 1.11 bits per heavy atom. The molecule has 1 aliphatic rings. The van der Waals surface area contributed by atoms with Gasteiger partial charge in [-0.05, 0) is 32.0 Å². The lowest BCUT2D eigenvalue weighted by Crippen LogP contribution is -2.51. The van der Waals surface area contributed by atoms with E-state index in [1.165, 1.54) is 6.92 Å². The van der Waals surface area contributed by atoms with E-state index < -0.39 is 5.97 Å². The molecule has 0 aliphatic carbocycles. The van der Waals surface area contributed by atoms with Crippen LogP contribution in [0.4, 0.5) is 0 Å². The molecule has 1 aromatic heterocycles. The van der Waals surface area contributed by atoms with Gasteiger partial charge in [-0.2, -0.15) is 0 Å². The maximum Gasteiger partial charge on any atom is 0.375 e. The highest BCUT2D eigenvalue weighted by molar-refractivity contribution is 5.97. The summed E-state index contributed by atoms with van der Waals surface area (Å²) in [5, 5.41) is 0.768. The predicted molar refractivity (Wildman–Crippen MR) is 101 cm³/mol. The van der Waals surface area contributed by atoms with Crippen molar-refractivity contribution in [3.05, 3.63) is 29.5 Å². The van der Waals surface area contributed by atoms with Gasteiger partial charge in [0.2, 0.25) is 11.7 Å². The number of esters is 1. The van der Waals surface area contributed by atoms with Crippen molar-refractivity contribution in [2.45, 2.75) is 20.8 Å². The minimum Gasteiger partial charge on any atom is -0.494 e. The lowest BCUT2D eigenvalue weighted by atomic mass is 10.1. The minimum atomic E-state index is -0.678. The Morgan fingerprint density at radius 2 is 1.79 bits per heavy atom. The van der Waals surface area contributed by atoms with Crippen LogP contribution in [0.3, 0.4) is 0 Å². The number of fused-ring (bicyclic) bond motifs is 1. The van der Waals surface area contributed by atoms with Crippen molar-refractivity contribution in [3.8, 4) is 5.75 Å². The Hall–Kier alpha value is -3.03. The lowest BCUT2D eigenvalue weighted by molar-refractivity contribution is -0.140. The largest absolute Gasteiger partial charge is 0.494 e. The fraction of sp³-hybridized carbons (Fsp3) is 0.450. The van der Waals surface area contributed by atoms with Crippen LogP contribution in [-0.2, 0) is 14.3 Å². The molecular weight excluding hydrogens is 364 g/mol. The maximum atomic E-state index is 12.4. The molecule has 0 unspecified atom stereocenters. The summed E-state index contributed by atoms with van der Waals surface area (Å²) >= 11 is 0. The van der Waals surface area contributed by atoms with Gasteiger partial charge in [0.05, 0.1) is 6.61 Å². The number of carbonyl (C=O) groups excluding carboxylic acids is 3. The molecular formula is C20H24N2O6. The number of amides is 2. The van der Waals surface area contributed by atoms with Gasteiger partial charge >= 0.3 is 5.97 Å². The molecule has 0 N–H and O–H groups in total. The van der Waals surface area contributed by atoms with Crippen molar-refractivity contribution in [2.75, 3.05) is 39.4 Å². The molecule has 28 heavy (non-hydrogen) atoms. The van der Waals surface area contributed by atoms with E-state index in [1.807, 2.05) is 13.0 Å². The van der Waals surface area contributed by atoms with E-state index in [0.29, 0.717) is 49.7 Å². The summed E-state index contributed by atoms with van der Waals surface area (Å²) in [6.45, 7) is 7.18. The summed E-state index contributed by atoms with van der Waals surface area (Å²) in [4.78, 5) is 39.3. The first kappa shape index (κ1) is 19.7.